The number of hydrogen-bond donors (Lipinski definition) is 1. The molecular weight excluding hydrogens is 238 g/mol. The van der Waals surface area contributed by atoms with Gasteiger partial charge in [0.05, 0.1) is 12.7 Å². The van der Waals surface area contributed by atoms with Gasteiger partial charge >= 0.3 is 0 Å². The highest BCUT2D eigenvalue weighted by Gasteiger charge is 2.28. The van der Waals surface area contributed by atoms with Gasteiger partial charge in [0.2, 0.25) is 0 Å². The number of rotatable bonds is 8. The van der Waals surface area contributed by atoms with Crippen LogP contribution in [0.4, 0.5) is 0 Å². The van der Waals surface area contributed by atoms with E-state index in [0.29, 0.717) is 0 Å². The molecule has 1 rings (SSSR count). The van der Waals surface area contributed by atoms with Gasteiger partial charge in [0.15, 0.2) is 0 Å². The quantitative estimate of drug-likeness (QED) is 0.784. The van der Waals surface area contributed by atoms with Crippen molar-refractivity contribution in [3.8, 4) is 5.75 Å². The van der Waals surface area contributed by atoms with Crippen molar-refractivity contribution in [2.45, 2.75) is 38.2 Å². The lowest BCUT2D eigenvalue weighted by Crippen LogP contribution is -2.30. The summed E-state index contributed by atoms with van der Waals surface area (Å²) in [4.78, 5) is 2.11. The molecule has 0 spiro atoms. The average molecular weight is 265 g/mol. The molecule has 0 saturated carbocycles. The smallest absolute Gasteiger partial charge is 0.119 e. The first kappa shape index (κ1) is 16.0. The van der Waals surface area contributed by atoms with Crippen molar-refractivity contribution < 1.29 is 9.84 Å². The molecule has 19 heavy (non-hydrogen) atoms. The maximum atomic E-state index is 11.0. The van der Waals surface area contributed by atoms with E-state index >= 15 is 0 Å². The summed E-state index contributed by atoms with van der Waals surface area (Å²) < 4.78 is 5.26. The van der Waals surface area contributed by atoms with Gasteiger partial charge in [-0.05, 0) is 44.6 Å². The van der Waals surface area contributed by atoms with Gasteiger partial charge in [-0.2, -0.15) is 0 Å². The summed E-state index contributed by atoms with van der Waals surface area (Å²) in [5.74, 6) is 0.803. The fourth-order valence-electron chi connectivity index (χ4n) is 2.20. The van der Waals surface area contributed by atoms with Crippen molar-refractivity contribution in [3.05, 3.63) is 29.8 Å². The molecule has 0 heterocycles. The normalized spacial score (nSPS) is 14.4. The summed E-state index contributed by atoms with van der Waals surface area (Å²) in [6, 6.07) is 7.80. The summed E-state index contributed by atoms with van der Waals surface area (Å²) in [7, 11) is 5.72. The van der Waals surface area contributed by atoms with Crippen molar-refractivity contribution in [2.75, 3.05) is 27.7 Å². The standard InChI is InChI=1S/C16H27NO2/c1-5-6-10-16(18,11-12-17(2)3)14-8-7-9-15(13-14)19-4/h7-9,13,18H,5-6,10-12H2,1-4H3/t16-/m0/s1. The maximum Gasteiger partial charge on any atom is 0.119 e. The van der Waals surface area contributed by atoms with Crippen LogP contribution in [0.3, 0.4) is 0 Å². The number of methoxy groups -OCH3 is 1. The molecule has 0 unspecified atom stereocenters. The van der Waals surface area contributed by atoms with Crippen LogP contribution in [0.15, 0.2) is 24.3 Å². The third-order valence-corrected chi connectivity index (χ3v) is 3.52. The molecule has 0 amide bonds. The predicted octanol–water partition coefficient (Wildman–Crippen LogP) is 3.02. The van der Waals surface area contributed by atoms with E-state index in [0.717, 1.165) is 43.5 Å². The molecular formula is C16H27NO2. The first-order valence-corrected chi connectivity index (χ1v) is 7.03. The fourth-order valence-corrected chi connectivity index (χ4v) is 2.20. The predicted molar refractivity (Wildman–Crippen MR) is 79.6 cm³/mol. The van der Waals surface area contributed by atoms with Crippen LogP contribution in [0.5, 0.6) is 5.75 Å². The second-order valence-corrected chi connectivity index (χ2v) is 5.42. The number of aliphatic hydroxyl groups is 1. The van der Waals surface area contributed by atoms with Crippen LogP contribution in [-0.2, 0) is 5.60 Å². The Labute approximate surface area is 117 Å². The molecule has 0 aromatic heterocycles. The first-order chi connectivity index (χ1) is 9.01. The molecule has 3 heteroatoms. The van der Waals surface area contributed by atoms with Crippen LogP contribution in [0, 0.1) is 0 Å². The summed E-state index contributed by atoms with van der Waals surface area (Å²) in [6.07, 6.45) is 3.66. The molecule has 1 aromatic carbocycles. The Hall–Kier alpha value is -1.06. The summed E-state index contributed by atoms with van der Waals surface area (Å²) in [6.45, 7) is 3.02. The number of benzene rings is 1. The van der Waals surface area contributed by atoms with E-state index in [1.807, 2.05) is 38.4 Å². The first-order valence-electron chi connectivity index (χ1n) is 7.03. The zero-order valence-corrected chi connectivity index (χ0v) is 12.6. The van der Waals surface area contributed by atoms with Gasteiger partial charge in [0.25, 0.3) is 0 Å². The Morgan fingerprint density at radius 3 is 2.58 bits per heavy atom. The van der Waals surface area contributed by atoms with Crippen molar-refractivity contribution in [2.24, 2.45) is 0 Å². The second kappa shape index (κ2) is 7.51. The lowest BCUT2D eigenvalue weighted by atomic mass is 9.85. The zero-order valence-electron chi connectivity index (χ0n) is 12.6. The van der Waals surface area contributed by atoms with E-state index in [9.17, 15) is 5.11 Å². The maximum absolute atomic E-state index is 11.0. The fraction of sp³-hybridized carbons (Fsp3) is 0.625. The highest BCUT2D eigenvalue weighted by Crippen LogP contribution is 2.32. The number of ether oxygens (including phenoxy) is 1. The molecule has 108 valence electrons. The van der Waals surface area contributed by atoms with Gasteiger partial charge in [0, 0.05) is 6.54 Å². The van der Waals surface area contributed by atoms with E-state index in [4.69, 9.17) is 4.74 Å². The van der Waals surface area contributed by atoms with Gasteiger partial charge < -0.3 is 14.7 Å². The Morgan fingerprint density at radius 1 is 1.26 bits per heavy atom. The molecule has 0 aliphatic carbocycles. The van der Waals surface area contributed by atoms with E-state index in [-0.39, 0.29) is 0 Å². The van der Waals surface area contributed by atoms with Crippen LogP contribution in [0.2, 0.25) is 0 Å². The minimum Gasteiger partial charge on any atom is -0.497 e. The van der Waals surface area contributed by atoms with Crippen LogP contribution < -0.4 is 4.74 Å². The lowest BCUT2D eigenvalue weighted by molar-refractivity contribution is 0.0101. The van der Waals surface area contributed by atoms with Gasteiger partial charge in [-0.1, -0.05) is 31.9 Å². The van der Waals surface area contributed by atoms with Gasteiger partial charge in [-0.3, -0.25) is 0 Å². The van der Waals surface area contributed by atoms with Crippen molar-refractivity contribution >= 4 is 0 Å². The SMILES string of the molecule is CCCC[C@](O)(CCN(C)C)c1cccc(OC)c1. The average Bonchev–Trinajstić information content (AvgIpc) is 2.43. The summed E-state index contributed by atoms with van der Waals surface area (Å²) in [5, 5.41) is 11.0. The molecule has 0 fully saturated rings. The third-order valence-electron chi connectivity index (χ3n) is 3.52. The van der Waals surface area contributed by atoms with E-state index in [1.165, 1.54) is 0 Å². The number of hydrogen-bond acceptors (Lipinski definition) is 3. The van der Waals surface area contributed by atoms with E-state index in [1.54, 1.807) is 7.11 Å². The molecule has 0 saturated heterocycles. The van der Waals surface area contributed by atoms with Gasteiger partial charge in [-0.25, -0.2) is 0 Å². The third kappa shape index (κ3) is 4.84. The Morgan fingerprint density at radius 2 is 2.00 bits per heavy atom. The molecule has 0 radical (unpaired) electrons. The van der Waals surface area contributed by atoms with Crippen LogP contribution >= 0.6 is 0 Å². The molecule has 1 atom stereocenters. The van der Waals surface area contributed by atoms with Crippen molar-refractivity contribution in [1.82, 2.24) is 4.90 Å². The second-order valence-electron chi connectivity index (χ2n) is 5.42. The minimum absolute atomic E-state index is 0.743. The topological polar surface area (TPSA) is 32.7 Å². The monoisotopic (exact) mass is 265 g/mol. The van der Waals surface area contributed by atoms with Gasteiger partial charge in [0.1, 0.15) is 5.75 Å². The van der Waals surface area contributed by atoms with Crippen LogP contribution in [-0.4, -0.2) is 37.8 Å². The highest BCUT2D eigenvalue weighted by atomic mass is 16.5. The molecule has 0 bridgehead atoms. The Balaban J connectivity index is 2.92. The van der Waals surface area contributed by atoms with E-state index < -0.39 is 5.60 Å². The number of unbranched alkanes of at least 4 members (excludes halogenated alkanes) is 1. The summed E-state index contributed by atoms with van der Waals surface area (Å²) in [5.41, 5.74) is 0.205. The Bertz CT molecular complexity index is 379. The van der Waals surface area contributed by atoms with Gasteiger partial charge in [-0.15, -0.1) is 0 Å². The lowest BCUT2D eigenvalue weighted by Gasteiger charge is -2.30. The molecule has 0 aliphatic heterocycles. The van der Waals surface area contributed by atoms with Crippen LogP contribution in [0.25, 0.3) is 0 Å². The highest BCUT2D eigenvalue weighted by molar-refractivity contribution is 5.32. The summed E-state index contributed by atoms with van der Waals surface area (Å²) >= 11 is 0. The molecule has 3 nitrogen and oxygen atoms in total. The van der Waals surface area contributed by atoms with Crippen molar-refractivity contribution in [3.63, 3.8) is 0 Å². The largest absolute Gasteiger partial charge is 0.497 e. The minimum atomic E-state index is -0.755. The van der Waals surface area contributed by atoms with Crippen molar-refractivity contribution in [1.29, 1.82) is 0 Å². The van der Waals surface area contributed by atoms with E-state index in [2.05, 4.69) is 11.8 Å². The molecule has 1 N–H and O–H groups in total. The number of nitrogens with zero attached hydrogens (tertiary/aromatic N) is 1. The Kier molecular flexibility index (Phi) is 6.32. The zero-order chi connectivity index (χ0) is 14.3. The molecule has 1 aromatic rings. The van der Waals surface area contributed by atoms with Crippen LogP contribution in [0.1, 0.15) is 38.2 Å². The molecule has 0 aliphatic rings.